The summed E-state index contributed by atoms with van der Waals surface area (Å²) in [6.45, 7) is 4.50. The Morgan fingerprint density at radius 1 is 1.26 bits per heavy atom. The van der Waals surface area contributed by atoms with Gasteiger partial charge in [-0.25, -0.2) is 15.0 Å². The molecule has 0 atom stereocenters. The standard InChI is InChI=1S/C13H19N5O/c1-4-5-10-17-11(14-3)6-12(18-10)15-8-13-16-7-9(2)19-13/h6-7H,4-5,8H2,1-3H3,(H2,14,15,17,18). The van der Waals surface area contributed by atoms with E-state index in [4.69, 9.17) is 4.42 Å². The molecule has 0 radical (unpaired) electrons. The summed E-state index contributed by atoms with van der Waals surface area (Å²) in [5.41, 5.74) is 0. The van der Waals surface area contributed by atoms with Crippen molar-refractivity contribution >= 4 is 11.6 Å². The molecular formula is C13H19N5O. The molecule has 102 valence electrons. The number of aromatic nitrogens is 3. The van der Waals surface area contributed by atoms with E-state index < -0.39 is 0 Å². The quantitative estimate of drug-likeness (QED) is 0.831. The van der Waals surface area contributed by atoms with Crippen molar-refractivity contribution in [3.8, 4) is 0 Å². The van der Waals surface area contributed by atoms with Gasteiger partial charge in [-0.05, 0) is 13.3 Å². The van der Waals surface area contributed by atoms with E-state index in [1.807, 2.05) is 20.0 Å². The number of rotatable bonds is 6. The van der Waals surface area contributed by atoms with Crippen LogP contribution in [0.3, 0.4) is 0 Å². The van der Waals surface area contributed by atoms with Crippen LogP contribution in [0.2, 0.25) is 0 Å². The number of aryl methyl sites for hydroxylation is 2. The Balaban J connectivity index is 2.08. The van der Waals surface area contributed by atoms with Crippen molar-refractivity contribution in [3.05, 3.63) is 29.7 Å². The smallest absolute Gasteiger partial charge is 0.213 e. The van der Waals surface area contributed by atoms with E-state index in [9.17, 15) is 0 Å². The average molecular weight is 261 g/mol. The van der Waals surface area contributed by atoms with Crippen LogP contribution >= 0.6 is 0 Å². The molecule has 0 spiro atoms. The Morgan fingerprint density at radius 2 is 2.05 bits per heavy atom. The maximum absolute atomic E-state index is 5.41. The van der Waals surface area contributed by atoms with Gasteiger partial charge in [0.2, 0.25) is 5.89 Å². The summed E-state index contributed by atoms with van der Waals surface area (Å²) in [7, 11) is 1.85. The van der Waals surface area contributed by atoms with Gasteiger partial charge in [-0.3, -0.25) is 0 Å². The molecule has 2 aromatic rings. The zero-order valence-corrected chi connectivity index (χ0v) is 11.5. The molecule has 0 saturated carbocycles. The van der Waals surface area contributed by atoms with Gasteiger partial charge in [-0.15, -0.1) is 0 Å². The van der Waals surface area contributed by atoms with Crippen LogP contribution in [0, 0.1) is 6.92 Å². The molecule has 0 unspecified atom stereocenters. The van der Waals surface area contributed by atoms with Crippen LogP contribution in [-0.4, -0.2) is 22.0 Å². The molecule has 2 heterocycles. The lowest BCUT2D eigenvalue weighted by Gasteiger charge is -2.08. The Morgan fingerprint density at radius 3 is 2.68 bits per heavy atom. The summed E-state index contributed by atoms with van der Waals surface area (Å²) in [4.78, 5) is 13.0. The Bertz CT molecular complexity index is 538. The fraction of sp³-hybridized carbons (Fsp3) is 0.462. The van der Waals surface area contributed by atoms with E-state index >= 15 is 0 Å². The Kier molecular flexibility index (Phi) is 4.33. The van der Waals surface area contributed by atoms with E-state index in [-0.39, 0.29) is 0 Å². The molecule has 0 aromatic carbocycles. The second-order valence-electron chi connectivity index (χ2n) is 4.27. The van der Waals surface area contributed by atoms with Crippen molar-refractivity contribution in [2.45, 2.75) is 33.2 Å². The minimum Gasteiger partial charge on any atom is -0.444 e. The van der Waals surface area contributed by atoms with Gasteiger partial charge in [0.25, 0.3) is 0 Å². The van der Waals surface area contributed by atoms with Gasteiger partial charge in [-0.2, -0.15) is 0 Å². The highest BCUT2D eigenvalue weighted by Gasteiger charge is 2.05. The maximum Gasteiger partial charge on any atom is 0.213 e. The summed E-state index contributed by atoms with van der Waals surface area (Å²) in [6.07, 6.45) is 3.59. The average Bonchev–Trinajstić information content (AvgIpc) is 2.82. The molecular weight excluding hydrogens is 242 g/mol. The van der Waals surface area contributed by atoms with Crippen molar-refractivity contribution in [1.29, 1.82) is 0 Å². The van der Waals surface area contributed by atoms with Gasteiger partial charge in [0.1, 0.15) is 23.2 Å². The molecule has 0 saturated heterocycles. The number of nitrogens with one attached hydrogen (secondary N) is 2. The number of nitrogens with zero attached hydrogens (tertiary/aromatic N) is 3. The Labute approximate surface area is 112 Å². The number of anilines is 2. The maximum atomic E-state index is 5.41. The van der Waals surface area contributed by atoms with Gasteiger partial charge in [0, 0.05) is 19.5 Å². The zero-order valence-electron chi connectivity index (χ0n) is 11.5. The SMILES string of the molecule is CCCc1nc(NC)cc(NCc2ncc(C)o2)n1. The summed E-state index contributed by atoms with van der Waals surface area (Å²) < 4.78 is 5.41. The molecule has 2 aromatic heterocycles. The highest BCUT2D eigenvalue weighted by molar-refractivity contribution is 5.47. The molecule has 0 fully saturated rings. The summed E-state index contributed by atoms with van der Waals surface area (Å²) in [6, 6.07) is 1.87. The number of hydrogen-bond donors (Lipinski definition) is 2. The van der Waals surface area contributed by atoms with Crippen molar-refractivity contribution in [2.75, 3.05) is 17.7 Å². The molecule has 6 heteroatoms. The van der Waals surface area contributed by atoms with Gasteiger partial charge < -0.3 is 15.1 Å². The van der Waals surface area contributed by atoms with Gasteiger partial charge >= 0.3 is 0 Å². The second kappa shape index (κ2) is 6.17. The third kappa shape index (κ3) is 3.67. The molecule has 0 aliphatic rings. The molecule has 0 bridgehead atoms. The van der Waals surface area contributed by atoms with E-state index in [0.717, 1.165) is 36.1 Å². The van der Waals surface area contributed by atoms with Crippen LogP contribution in [0.1, 0.15) is 30.8 Å². The van der Waals surface area contributed by atoms with E-state index in [1.165, 1.54) is 0 Å². The summed E-state index contributed by atoms with van der Waals surface area (Å²) in [5.74, 6) is 3.88. The summed E-state index contributed by atoms with van der Waals surface area (Å²) >= 11 is 0. The monoisotopic (exact) mass is 261 g/mol. The first-order chi connectivity index (χ1) is 9.21. The first kappa shape index (κ1) is 13.3. The van der Waals surface area contributed by atoms with Crippen molar-refractivity contribution in [2.24, 2.45) is 0 Å². The highest BCUT2D eigenvalue weighted by atomic mass is 16.4. The van der Waals surface area contributed by atoms with Crippen LogP contribution in [0.25, 0.3) is 0 Å². The lowest BCUT2D eigenvalue weighted by Crippen LogP contribution is -2.06. The van der Waals surface area contributed by atoms with Gasteiger partial charge in [0.15, 0.2) is 0 Å². The molecule has 0 aliphatic heterocycles. The van der Waals surface area contributed by atoms with E-state index in [1.54, 1.807) is 6.20 Å². The lowest BCUT2D eigenvalue weighted by atomic mass is 10.3. The van der Waals surface area contributed by atoms with Crippen molar-refractivity contribution in [1.82, 2.24) is 15.0 Å². The third-order valence-electron chi connectivity index (χ3n) is 2.59. The fourth-order valence-corrected chi connectivity index (χ4v) is 1.70. The zero-order chi connectivity index (χ0) is 13.7. The molecule has 2 N–H and O–H groups in total. The number of oxazole rings is 1. The van der Waals surface area contributed by atoms with Crippen LogP contribution in [0.5, 0.6) is 0 Å². The first-order valence-corrected chi connectivity index (χ1v) is 6.42. The minimum atomic E-state index is 0.513. The predicted molar refractivity (Wildman–Crippen MR) is 74.1 cm³/mol. The fourth-order valence-electron chi connectivity index (χ4n) is 1.70. The lowest BCUT2D eigenvalue weighted by molar-refractivity contribution is 0.478. The Hall–Kier alpha value is -2.11. The first-order valence-electron chi connectivity index (χ1n) is 6.42. The van der Waals surface area contributed by atoms with E-state index in [2.05, 4.69) is 32.5 Å². The number of hydrogen-bond acceptors (Lipinski definition) is 6. The largest absolute Gasteiger partial charge is 0.444 e. The molecule has 6 nitrogen and oxygen atoms in total. The highest BCUT2D eigenvalue weighted by Crippen LogP contribution is 2.13. The topological polar surface area (TPSA) is 75.9 Å². The third-order valence-corrected chi connectivity index (χ3v) is 2.59. The predicted octanol–water partition coefficient (Wildman–Crippen LogP) is 2.38. The molecule has 0 aliphatic carbocycles. The van der Waals surface area contributed by atoms with Crippen LogP contribution in [0.15, 0.2) is 16.7 Å². The van der Waals surface area contributed by atoms with Crippen molar-refractivity contribution in [3.63, 3.8) is 0 Å². The normalized spacial score (nSPS) is 10.5. The second-order valence-corrected chi connectivity index (χ2v) is 4.27. The van der Waals surface area contributed by atoms with Gasteiger partial charge in [-0.1, -0.05) is 6.92 Å². The van der Waals surface area contributed by atoms with Crippen molar-refractivity contribution < 1.29 is 4.42 Å². The molecule has 19 heavy (non-hydrogen) atoms. The minimum absolute atomic E-state index is 0.513. The molecule has 2 rings (SSSR count). The van der Waals surface area contributed by atoms with E-state index in [0.29, 0.717) is 12.4 Å². The van der Waals surface area contributed by atoms with Crippen LogP contribution < -0.4 is 10.6 Å². The van der Waals surface area contributed by atoms with Crippen LogP contribution in [0.4, 0.5) is 11.6 Å². The summed E-state index contributed by atoms with van der Waals surface area (Å²) in [5, 5.41) is 6.24. The molecule has 0 amide bonds. The van der Waals surface area contributed by atoms with Crippen LogP contribution in [-0.2, 0) is 13.0 Å². The van der Waals surface area contributed by atoms with Gasteiger partial charge in [0.05, 0.1) is 12.7 Å².